The summed E-state index contributed by atoms with van der Waals surface area (Å²) in [7, 11) is 0. The van der Waals surface area contributed by atoms with Crippen LogP contribution in [0.5, 0.6) is 0 Å². The predicted molar refractivity (Wildman–Crippen MR) is 94.3 cm³/mol. The van der Waals surface area contributed by atoms with E-state index >= 15 is 0 Å². The highest BCUT2D eigenvalue weighted by Crippen LogP contribution is 2.25. The third-order valence-electron chi connectivity index (χ3n) is 3.05. The Bertz CT molecular complexity index is 807. The van der Waals surface area contributed by atoms with Crippen molar-refractivity contribution in [3.8, 4) is 6.07 Å². The highest BCUT2D eigenvalue weighted by molar-refractivity contribution is 7.22. The van der Waals surface area contributed by atoms with Crippen molar-refractivity contribution in [2.75, 3.05) is 11.9 Å². The second-order valence-electron chi connectivity index (χ2n) is 4.88. The summed E-state index contributed by atoms with van der Waals surface area (Å²) in [6.07, 6.45) is 1.08. The van der Waals surface area contributed by atoms with Crippen LogP contribution in [-0.4, -0.2) is 29.5 Å². The molecule has 3 N–H and O–H groups in total. The number of carbonyl (C=O) groups is 2. The second kappa shape index (κ2) is 8.65. The lowest BCUT2D eigenvalue weighted by molar-refractivity contribution is -0.138. The normalized spacial score (nSPS) is 12.1. The molecule has 8 nitrogen and oxygen atoms in total. The van der Waals surface area contributed by atoms with Gasteiger partial charge in [-0.05, 0) is 26.0 Å². The Labute approximate surface area is 148 Å². The number of para-hydroxylation sites is 1. The first-order valence-electron chi connectivity index (χ1n) is 7.50. The van der Waals surface area contributed by atoms with Crippen LogP contribution >= 0.6 is 11.3 Å². The maximum absolute atomic E-state index is 12.0. The fourth-order valence-electron chi connectivity index (χ4n) is 1.82. The van der Waals surface area contributed by atoms with Crippen LogP contribution in [-0.2, 0) is 14.3 Å². The zero-order chi connectivity index (χ0) is 18.2. The number of hydrogen-bond acceptors (Lipinski definition) is 8. The third-order valence-corrected chi connectivity index (χ3v) is 4.02. The predicted octanol–water partition coefficient (Wildman–Crippen LogP) is 1.69. The first-order chi connectivity index (χ1) is 12.0. The van der Waals surface area contributed by atoms with Crippen molar-refractivity contribution in [3.63, 3.8) is 0 Å². The Morgan fingerprint density at radius 2 is 2.20 bits per heavy atom. The van der Waals surface area contributed by atoms with Crippen LogP contribution in [0.25, 0.3) is 10.2 Å². The largest absolute Gasteiger partial charge is 0.462 e. The van der Waals surface area contributed by atoms with Crippen LogP contribution in [0, 0.1) is 11.3 Å². The zero-order valence-electron chi connectivity index (χ0n) is 13.7. The molecule has 9 heteroatoms. The van der Waals surface area contributed by atoms with E-state index in [1.807, 2.05) is 24.3 Å². The summed E-state index contributed by atoms with van der Waals surface area (Å²) in [4.78, 5) is 27.9. The summed E-state index contributed by atoms with van der Waals surface area (Å²) in [6, 6.07) is 8.79. The number of esters is 1. The van der Waals surface area contributed by atoms with E-state index in [1.165, 1.54) is 11.3 Å². The van der Waals surface area contributed by atoms with Gasteiger partial charge in [0.2, 0.25) is 0 Å². The molecule has 130 valence electrons. The van der Waals surface area contributed by atoms with Gasteiger partial charge < -0.3 is 15.5 Å². The van der Waals surface area contributed by atoms with Gasteiger partial charge in [0, 0.05) is 6.20 Å². The van der Waals surface area contributed by atoms with Crippen molar-refractivity contribution >= 4 is 38.6 Å². The molecule has 0 saturated carbocycles. The second-order valence-corrected chi connectivity index (χ2v) is 5.91. The van der Waals surface area contributed by atoms with Gasteiger partial charge in [0.15, 0.2) is 10.7 Å². The van der Waals surface area contributed by atoms with Crippen LogP contribution in [0.3, 0.4) is 0 Å². The van der Waals surface area contributed by atoms with E-state index in [-0.39, 0.29) is 18.1 Å². The molecule has 0 saturated heterocycles. The fraction of sp³-hybridized carbons (Fsp3) is 0.250. The van der Waals surface area contributed by atoms with Crippen molar-refractivity contribution < 1.29 is 14.3 Å². The van der Waals surface area contributed by atoms with Crippen LogP contribution in [0.15, 0.2) is 36.0 Å². The van der Waals surface area contributed by atoms with Gasteiger partial charge in [-0.1, -0.05) is 23.5 Å². The topological polar surface area (TPSA) is 116 Å². The molecule has 0 fully saturated rings. The first-order valence-corrected chi connectivity index (χ1v) is 8.31. The summed E-state index contributed by atoms with van der Waals surface area (Å²) in [6.45, 7) is 3.47. The van der Waals surface area contributed by atoms with E-state index in [2.05, 4.69) is 21.2 Å². The van der Waals surface area contributed by atoms with Gasteiger partial charge in [-0.2, -0.15) is 5.26 Å². The molecule has 0 unspecified atom stereocenters. The molecule has 2 rings (SSSR count). The summed E-state index contributed by atoms with van der Waals surface area (Å²) >= 11 is 1.45. The van der Waals surface area contributed by atoms with E-state index in [0.29, 0.717) is 5.13 Å². The van der Waals surface area contributed by atoms with Crippen molar-refractivity contribution in [2.45, 2.75) is 19.9 Å². The van der Waals surface area contributed by atoms with Crippen molar-refractivity contribution in [1.82, 2.24) is 15.8 Å². The minimum absolute atomic E-state index is 0.160. The molecule has 1 amide bonds. The van der Waals surface area contributed by atoms with Gasteiger partial charge in [0.05, 0.1) is 16.8 Å². The number of aromatic nitrogens is 1. The average molecular weight is 359 g/mol. The molecule has 2 aromatic rings. The maximum atomic E-state index is 12.0. The number of nitrogens with one attached hydrogen (secondary N) is 3. The first kappa shape index (κ1) is 18.2. The van der Waals surface area contributed by atoms with Gasteiger partial charge in [-0.25, -0.2) is 9.78 Å². The van der Waals surface area contributed by atoms with Crippen molar-refractivity contribution in [3.05, 3.63) is 36.0 Å². The summed E-state index contributed by atoms with van der Waals surface area (Å²) in [5.74, 6) is -1.14. The van der Waals surface area contributed by atoms with Crippen LogP contribution in [0.4, 0.5) is 5.13 Å². The summed E-state index contributed by atoms with van der Waals surface area (Å²) in [5, 5.41) is 12.5. The number of hydrazine groups is 1. The zero-order valence-corrected chi connectivity index (χ0v) is 14.5. The molecule has 0 aliphatic rings. The summed E-state index contributed by atoms with van der Waals surface area (Å²) < 4.78 is 5.73. The monoisotopic (exact) mass is 359 g/mol. The van der Waals surface area contributed by atoms with Crippen LogP contribution in [0.1, 0.15) is 13.8 Å². The van der Waals surface area contributed by atoms with Crippen molar-refractivity contribution in [2.24, 2.45) is 0 Å². The highest BCUT2D eigenvalue weighted by atomic mass is 32.1. The van der Waals surface area contributed by atoms with Gasteiger partial charge in [0.25, 0.3) is 5.91 Å². The van der Waals surface area contributed by atoms with E-state index < -0.39 is 12.0 Å². The standard InChI is InChI=1S/C16H17N5O3S/c1-3-24-15(23)11(8-17)9-18-21-14(22)10(2)19-16-20-12-6-4-5-7-13(12)25-16/h4-7,9-10,18H,3H2,1-2H3,(H,19,20)(H,21,22)/b11-9+/t10-/m1/s1. The van der Waals surface area contributed by atoms with Crippen LogP contribution in [0.2, 0.25) is 0 Å². The van der Waals surface area contributed by atoms with Gasteiger partial charge in [-0.15, -0.1) is 0 Å². The minimum atomic E-state index is -0.757. The van der Waals surface area contributed by atoms with Gasteiger partial charge in [0.1, 0.15) is 12.1 Å². The number of fused-ring (bicyclic) bond motifs is 1. The SMILES string of the molecule is CCOC(=O)/C(C#N)=C/NNC(=O)[C@@H](C)Nc1nc2ccccc2s1. The number of hydrogen-bond donors (Lipinski definition) is 3. The number of thiazole rings is 1. The number of ether oxygens (including phenoxy) is 1. The molecule has 1 aromatic carbocycles. The smallest absolute Gasteiger partial charge is 0.350 e. The van der Waals surface area contributed by atoms with E-state index in [1.54, 1.807) is 19.9 Å². The minimum Gasteiger partial charge on any atom is -0.462 e. The molecular weight excluding hydrogens is 342 g/mol. The molecule has 1 heterocycles. The molecule has 0 bridgehead atoms. The molecule has 0 radical (unpaired) electrons. The van der Waals surface area contributed by atoms with E-state index in [9.17, 15) is 9.59 Å². The number of carbonyl (C=O) groups excluding carboxylic acids is 2. The Morgan fingerprint density at radius 3 is 2.88 bits per heavy atom. The molecule has 0 aliphatic heterocycles. The number of nitrogens with zero attached hydrogens (tertiary/aromatic N) is 2. The number of benzene rings is 1. The number of nitriles is 1. The quantitative estimate of drug-likeness (QED) is 0.298. The Kier molecular flexibility index (Phi) is 6.31. The van der Waals surface area contributed by atoms with Crippen molar-refractivity contribution in [1.29, 1.82) is 5.26 Å². The lowest BCUT2D eigenvalue weighted by atomic mass is 10.3. The van der Waals surface area contributed by atoms with Crippen LogP contribution < -0.4 is 16.2 Å². The Morgan fingerprint density at radius 1 is 1.44 bits per heavy atom. The van der Waals surface area contributed by atoms with Gasteiger partial charge in [-0.3, -0.25) is 10.2 Å². The molecule has 0 aliphatic carbocycles. The number of rotatable bonds is 7. The number of anilines is 1. The molecule has 0 spiro atoms. The molecular formula is C16H17N5O3S. The molecule has 25 heavy (non-hydrogen) atoms. The Balaban J connectivity index is 1.89. The lowest BCUT2D eigenvalue weighted by Crippen LogP contribution is -2.43. The third kappa shape index (κ3) is 4.92. The lowest BCUT2D eigenvalue weighted by Gasteiger charge is -2.13. The summed E-state index contributed by atoms with van der Waals surface area (Å²) in [5.41, 5.74) is 5.43. The fourth-order valence-corrected chi connectivity index (χ4v) is 2.77. The molecule has 1 aromatic heterocycles. The van der Waals surface area contributed by atoms with E-state index in [4.69, 9.17) is 10.00 Å². The highest BCUT2D eigenvalue weighted by Gasteiger charge is 2.15. The van der Waals surface area contributed by atoms with E-state index in [0.717, 1.165) is 16.4 Å². The average Bonchev–Trinajstić information content (AvgIpc) is 3.00. The molecule has 1 atom stereocenters. The Hall–Kier alpha value is -3.12. The van der Waals surface area contributed by atoms with Gasteiger partial charge >= 0.3 is 5.97 Å². The number of amides is 1. The maximum Gasteiger partial charge on any atom is 0.350 e.